The number of amides is 1. The maximum Gasteiger partial charge on any atom is 0.235 e. The Bertz CT molecular complexity index is 1020. The molecule has 2 N–H and O–H groups in total. The molecule has 0 aliphatic heterocycles. The summed E-state index contributed by atoms with van der Waals surface area (Å²) in [6.07, 6.45) is 6.48. The normalized spacial score (nSPS) is 15.9. The third-order valence-corrected chi connectivity index (χ3v) is 7.11. The first kappa shape index (κ1) is 20.7. The summed E-state index contributed by atoms with van der Waals surface area (Å²) in [6, 6.07) is 14.9. The van der Waals surface area contributed by atoms with Gasteiger partial charge in [-0.3, -0.25) is 4.79 Å². The molecule has 1 aliphatic rings. The van der Waals surface area contributed by atoms with Crippen molar-refractivity contribution in [1.82, 2.24) is 19.8 Å². The van der Waals surface area contributed by atoms with E-state index in [-0.39, 0.29) is 11.2 Å². The Morgan fingerprint density at radius 2 is 1.90 bits per heavy atom. The lowest BCUT2D eigenvalue weighted by Gasteiger charge is -2.32. The second kappa shape index (κ2) is 9.08. The van der Waals surface area contributed by atoms with Gasteiger partial charge in [0, 0.05) is 19.5 Å². The molecule has 1 aromatic heterocycles. The molecule has 1 atom stereocenters. The van der Waals surface area contributed by atoms with E-state index in [0.717, 1.165) is 18.4 Å². The van der Waals surface area contributed by atoms with Crippen molar-refractivity contribution < 1.29 is 4.79 Å². The van der Waals surface area contributed by atoms with Crippen LogP contribution in [0.3, 0.4) is 0 Å². The Morgan fingerprint density at radius 3 is 2.70 bits per heavy atom. The molecule has 0 bridgehead atoms. The molecule has 2 aromatic carbocycles. The molecule has 1 heterocycles. The number of nitrogens with two attached hydrogens (primary N) is 1. The predicted molar refractivity (Wildman–Crippen MR) is 122 cm³/mol. The van der Waals surface area contributed by atoms with Crippen molar-refractivity contribution in [3.8, 4) is 0 Å². The van der Waals surface area contributed by atoms with E-state index in [1.54, 1.807) is 0 Å². The van der Waals surface area contributed by atoms with E-state index in [1.165, 1.54) is 46.5 Å². The van der Waals surface area contributed by atoms with E-state index in [0.29, 0.717) is 23.4 Å². The highest BCUT2D eigenvalue weighted by molar-refractivity contribution is 8.00. The molecule has 1 amide bonds. The number of carbonyl (C=O) groups excluding carboxylic acids is 1. The molecule has 0 radical (unpaired) electrons. The Kier molecular flexibility index (Phi) is 6.27. The summed E-state index contributed by atoms with van der Waals surface area (Å²) in [5, 5.41) is 11.3. The summed E-state index contributed by atoms with van der Waals surface area (Å²) >= 11 is 1.38. The maximum absolute atomic E-state index is 12.9. The van der Waals surface area contributed by atoms with E-state index in [9.17, 15) is 4.79 Å². The lowest BCUT2D eigenvalue weighted by Crippen LogP contribution is -2.42. The van der Waals surface area contributed by atoms with Crippen LogP contribution in [0, 0.1) is 0 Å². The monoisotopic (exact) mass is 423 g/mol. The lowest BCUT2D eigenvalue weighted by atomic mass is 9.94. The number of aromatic nitrogens is 3. The molecule has 1 fully saturated rings. The van der Waals surface area contributed by atoms with Gasteiger partial charge in [0.15, 0.2) is 5.82 Å². The average Bonchev–Trinajstić information content (AvgIpc) is 3.12. The van der Waals surface area contributed by atoms with Crippen LogP contribution in [0.4, 0.5) is 0 Å². The highest BCUT2D eigenvalue weighted by Crippen LogP contribution is 2.27. The van der Waals surface area contributed by atoms with Crippen molar-refractivity contribution in [2.45, 2.75) is 61.9 Å². The van der Waals surface area contributed by atoms with Crippen molar-refractivity contribution in [2.24, 2.45) is 0 Å². The summed E-state index contributed by atoms with van der Waals surface area (Å²) < 4.78 is 1.52. The smallest absolute Gasteiger partial charge is 0.235 e. The van der Waals surface area contributed by atoms with E-state index in [2.05, 4.69) is 34.5 Å². The highest BCUT2D eigenvalue weighted by Gasteiger charge is 2.27. The first-order valence-corrected chi connectivity index (χ1v) is 11.5. The van der Waals surface area contributed by atoms with Crippen LogP contribution in [0.2, 0.25) is 0 Å². The van der Waals surface area contributed by atoms with Gasteiger partial charge < -0.3 is 10.7 Å². The van der Waals surface area contributed by atoms with Gasteiger partial charge in [-0.1, -0.05) is 73.5 Å². The van der Waals surface area contributed by atoms with E-state index >= 15 is 0 Å². The number of hydrogen-bond acceptors (Lipinski definition) is 5. The SMILES string of the molecule is C[C@H](Sc1nnc(Cc2cccc3ccccc23)n1N)C(=O)N(C)C1CCCCC1. The summed E-state index contributed by atoms with van der Waals surface area (Å²) in [6.45, 7) is 1.92. The minimum absolute atomic E-state index is 0.130. The number of rotatable bonds is 6. The Hall–Kier alpha value is -2.54. The van der Waals surface area contributed by atoms with Crippen molar-refractivity contribution in [3.63, 3.8) is 0 Å². The predicted octanol–water partition coefficient (Wildman–Crippen LogP) is 4.01. The zero-order valence-corrected chi connectivity index (χ0v) is 18.4. The summed E-state index contributed by atoms with van der Waals surface area (Å²) in [5.74, 6) is 7.13. The molecule has 0 saturated heterocycles. The molecule has 3 aromatic rings. The van der Waals surface area contributed by atoms with Crippen LogP contribution in [-0.2, 0) is 11.2 Å². The van der Waals surface area contributed by atoms with E-state index < -0.39 is 0 Å². The molecule has 1 aliphatic carbocycles. The molecule has 30 heavy (non-hydrogen) atoms. The number of thioether (sulfide) groups is 1. The molecule has 0 spiro atoms. The number of carbonyl (C=O) groups is 1. The first-order chi connectivity index (χ1) is 14.5. The fourth-order valence-electron chi connectivity index (χ4n) is 4.27. The molecular weight excluding hydrogens is 394 g/mol. The Morgan fingerprint density at radius 1 is 1.17 bits per heavy atom. The van der Waals surface area contributed by atoms with Crippen LogP contribution in [-0.4, -0.2) is 44.0 Å². The molecule has 4 rings (SSSR count). The minimum atomic E-state index is -0.256. The van der Waals surface area contributed by atoms with Crippen LogP contribution < -0.4 is 5.84 Å². The van der Waals surface area contributed by atoms with E-state index in [4.69, 9.17) is 5.84 Å². The van der Waals surface area contributed by atoms with Crippen LogP contribution in [0.25, 0.3) is 10.8 Å². The van der Waals surface area contributed by atoms with Gasteiger partial charge >= 0.3 is 0 Å². The summed E-state index contributed by atoms with van der Waals surface area (Å²) in [4.78, 5) is 14.8. The number of hydrogen-bond donors (Lipinski definition) is 1. The maximum atomic E-state index is 12.9. The second-order valence-electron chi connectivity index (χ2n) is 8.08. The van der Waals surface area contributed by atoms with Gasteiger partial charge in [0.25, 0.3) is 0 Å². The fraction of sp³-hybridized carbons (Fsp3) is 0.435. The molecule has 1 saturated carbocycles. The van der Waals surface area contributed by atoms with Gasteiger partial charge in [-0.05, 0) is 36.1 Å². The molecule has 0 unspecified atom stereocenters. The molecular formula is C23H29N5OS. The van der Waals surface area contributed by atoms with Crippen molar-refractivity contribution in [3.05, 3.63) is 53.9 Å². The summed E-state index contributed by atoms with van der Waals surface area (Å²) in [5.41, 5.74) is 1.16. The fourth-order valence-corrected chi connectivity index (χ4v) is 5.16. The van der Waals surface area contributed by atoms with Crippen molar-refractivity contribution >= 4 is 28.4 Å². The van der Waals surface area contributed by atoms with Crippen LogP contribution in [0.1, 0.15) is 50.4 Å². The average molecular weight is 424 g/mol. The second-order valence-corrected chi connectivity index (χ2v) is 9.39. The molecule has 158 valence electrons. The van der Waals surface area contributed by atoms with Gasteiger partial charge in [-0.2, -0.15) is 0 Å². The van der Waals surface area contributed by atoms with Crippen molar-refractivity contribution in [1.29, 1.82) is 0 Å². The van der Waals surface area contributed by atoms with Crippen LogP contribution in [0.15, 0.2) is 47.6 Å². The molecule has 7 heteroatoms. The standard InChI is InChI=1S/C23H29N5OS/c1-16(22(29)27(2)19-12-4-3-5-13-19)30-23-26-25-21(28(23)24)15-18-11-8-10-17-9-6-7-14-20(17)18/h6-11,14,16,19H,3-5,12-13,15,24H2,1-2H3/t16-/m0/s1. The third-order valence-electron chi connectivity index (χ3n) is 6.06. The quantitative estimate of drug-likeness (QED) is 0.479. The largest absolute Gasteiger partial charge is 0.342 e. The van der Waals surface area contributed by atoms with Gasteiger partial charge in [0.1, 0.15) is 0 Å². The highest BCUT2D eigenvalue weighted by atomic mass is 32.2. The van der Waals surface area contributed by atoms with E-state index in [1.807, 2.05) is 37.1 Å². The van der Waals surface area contributed by atoms with Gasteiger partial charge in [-0.25, -0.2) is 4.68 Å². The summed E-state index contributed by atoms with van der Waals surface area (Å²) in [7, 11) is 1.93. The molecule has 6 nitrogen and oxygen atoms in total. The minimum Gasteiger partial charge on any atom is -0.342 e. The third kappa shape index (κ3) is 4.31. The van der Waals surface area contributed by atoms with Crippen LogP contribution in [0.5, 0.6) is 0 Å². The van der Waals surface area contributed by atoms with Crippen molar-refractivity contribution in [2.75, 3.05) is 12.9 Å². The lowest BCUT2D eigenvalue weighted by molar-refractivity contribution is -0.131. The van der Waals surface area contributed by atoms with Gasteiger partial charge in [0.05, 0.1) is 5.25 Å². The number of fused-ring (bicyclic) bond motifs is 1. The van der Waals surface area contributed by atoms with Crippen LogP contribution >= 0.6 is 11.8 Å². The Balaban J connectivity index is 1.45. The number of nitrogen functional groups attached to an aromatic ring is 1. The zero-order valence-electron chi connectivity index (χ0n) is 17.6. The topological polar surface area (TPSA) is 77.0 Å². The number of benzene rings is 2. The zero-order chi connectivity index (χ0) is 21.1. The van der Waals surface area contributed by atoms with Gasteiger partial charge in [-0.15, -0.1) is 10.2 Å². The Labute approximate surface area is 181 Å². The first-order valence-electron chi connectivity index (χ1n) is 10.6. The number of nitrogens with zero attached hydrogens (tertiary/aromatic N) is 4. The van der Waals surface area contributed by atoms with Gasteiger partial charge in [0.2, 0.25) is 11.1 Å².